The van der Waals surface area contributed by atoms with Gasteiger partial charge in [0.05, 0.1) is 11.6 Å². The SMILES string of the molecule is O=C(O)c1ccc(CN2CCCC2c2nc(-c3ccnc(N4CCCC4)c3)no2)cc1. The van der Waals surface area contributed by atoms with Crippen molar-refractivity contribution in [2.45, 2.75) is 38.3 Å². The Kier molecular flexibility index (Phi) is 5.38. The first kappa shape index (κ1) is 19.7. The molecule has 0 aliphatic carbocycles. The van der Waals surface area contributed by atoms with E-state index in [2.05, 4.69) is 19.9 Å². The molecule has 5 rings (SSSR count). The minimum atomic E-state index is -0.909. The van der Waals surface area contributed by atoms with Crippen LogP contribution in [0.3, 0.4) is 0 Å². The minimum Gasteiger partial charge on any atom is -0.478 e. The molecule has 1 N–H and O–H groups in total. The molecule has 1 aromatic carbocycles. The standard InChI is InChI=1S/C23H25N5O3/c29-23(30)17-7-5-16(6-8-17)15-28-13-3-4-19(28)22-25-21(26-31-22)18-9-10-24-20(14-18)27-11-1-2-12-27/h5-10,14,19H,1-4,11-13,15H2,(H,29,30). The Morgan fingerprint density at radius 3 is 2.68 bits per heavy atom. The minimum absolute atomic E-state index is 0.0697. The molecule has 2 fully saturated rings. The van der Waals surface area contributed by atoms with E-state index in [1.54, 1.807) is 12.1 Å². The molecule has 0 radical (unpaired) electrons. The van der Waals surface area contributed by atoms with Gasteiger partial charge in [0.2, 0.25) is 11.7 Å². The lowest BCUT2D eigenvalue weighted by Gasteiger charge is -2.21. The molecule has 0 saturated carbocycles. The molecule has 0 spiro atoms. The Labute approximate surface area is 180 Å². The Morgan fingerprint density at radius 2 is 1.90 bits per heavy atom. The van der Waals surface area contributed by atoms with Crippen molar-refractivity contribution in [3.05, 3.63) is 59.6 Å². The van der Waals surface area contributed by atoms with Crippen LogP contribution in [0, 0.1) is 0 Å². The highest BCUT2D eigenvalue weighted by Crippen LogP contribution is 2.33. The highest BCUT2D eigenvalue weighted by Gasteiger charge is 2.31. The van der Waals surface area contributed by atoms with E-state index >= 15 is 0 Å². The first-order valence-corrected chi connectivity index (χ1v) is 10.8. The van der Waals surface area contributed by atoms with Gasteiger partial charge in [0.25, 0.3) is 0 Å². The molecule has 0 amide bonds. The summed E-state index contributed by atoms with van der Waals surface area (Å²) in [7, 11) is 0. The van der Waals surface area contributed by atoms with E-state index in [-0.39, 0.29) is 6.04 Å². The summed E-state index contributed by atoms with van der Waals surface area (Å²) in [4.78, 5) is 24.9. The summed E-state index contributed by atoms with van der Waals surface area (Å²) in [6, 6.07) is 11.1. The molecule has 8 nitrogen and oxygen atoms in total. The summed E-state index contributed by atoms with van der Waals surface area (Å²) < 4.78 is 5.67. The van der Waals surface area contributed by atoms with Gasteiger partial charge >= 0.3 is 5.97 Å². The van der Waals surface area contributed by atoms with Crippen molar-refractivity contribution in [3.8, 4) is 11.4 Å². The normalized spacial score (nSPS) is 19.2. The van der Waals surface area contributed by atoms with Gasteiger partial charge in [-0.25, -0.2) is 9.78 Å². The number of carbonyl (C=O) groups is 1. The summed E-state index contributed by atoms with van der Waals surface area (Å²) in [6.07, 6.45) is 6.24. The summed E-state index contributed by atoms with van der Waals surface area (Å²) in [5.74, 6) is 1.28. The molecular formula is C23H25N5O3. The highest BCUT2D eigenvalue weighted by molar-refractivity contribution is 5.87. The average molecular weight is 419 g/mol. The number of carboxylic acids is 1. The van der Waals surface area contributed by atoms with Gasteiger partial charge in [-0.3, -0.25) is 4.90 Å². The first-order valence-electron chi connectivity index (χ1n) is 10.8. The third-order valence-corrected chi connectivity index (χ3v) is 6.11. The number of hydrogen-bond acceptors (Lipinski definition) is 7. The Bertz CT molecular complexity index is 1060. The molecule has 1 unspecified atom stereocenters. The summed E-state index contributed by atoms with van der Waals surface area (Å²) in [6.45, 7) is 3.74. The Balaban J connectivity index is 1.31. The van der Waals surface area contributed by atoms with Crippen molar-refractivity contribution in [1.29, 1.82) is 0 Å². The fourth-order valence-corrected chi connectivity index (χ4v) is 4.45. The average Bonchev–Trinajstić information content (AvgIpc) is 3.55. The zero-order valence-electron chi connectivity index (χ0n) is 17.3. The lowest BCUT2D eigenvalue weighted by Crippen LogP contribution is -2.23. The summed E-state index contributed by atoms with van der Waals surface area (Å²) >= 11 is 0. The van der Waals surface area contributed by atoms with Gasteiger partial charge in [0, 0.05) is 31.4 Å². The van der Waals surface area contributed by atoms with E-state index in [1.807, 2.05) is 30.5 Å². The summed E-state index contributed by atoms with van der Waals surface area (Å²) in [5.41, 5.74) is 2.29. The molecule has 4 heterocycles. The molecule has 2 aliphatic rings. The molecule has 2 aromatic heterocycles. The predicted molar refractivity (Wildman–Crippen MR) is 115 cm³/mol. The Morgan fingerprint density at radius 1 is 1.10 bits per heavy atom. The van der Waals surface area contributed by atoms with E-state index < -0.39 is 5.97 Å². The van der Waals surface area contributed by atoms with E-state index in [0.29, 0.717) is 17.3 Å². The van der Waals surface area contributed by atoms with Crippen LogP contribution in [0.2, 0.25) is 0 Å². The first-order chi connectivity index (χ1) is 15.2. The third-order valence-electron chi connectivity index (χ3n) is 6.11. The van der Waals surface area contributed by atoms with Crippen LogP contribution < -0.4 is 4.90 Å². The molecule has 0 bridgehead atoms. The number of pyridine rings is 1. The quantitative estimate of drug-likeness (QED) is 0.645. The van der Waals surface area contributed by atoms with Gasteiger partial charge in [-0.1, -0.05) is 17.3 Å². The van der Waals surface area contributed by atoms with Gasteiger partial charge in [-0.2, -0.15) is 4.98 Å². The Hall–Kier alpha value is -3.26. The monoisotopic (exact) mass is 419 g/mol. The number of anilines is 1. The molecular weight excluding hydrogens is 394 g/mol. The molecule has 2 aliphatic heterocycles. The van der Waals surface area contributed by atoms with E-state index in [0.717, 1.165) is 56.0 Å². The van der Waals surface area contributed by atoms with Gasteiger partial charge in [0.1, 0.15) is 5.82 Å². The topological polar surface area (TPSA) is 95.6 Å². The number of carboxylic acid groups (broad SMARTS) is 1. The zero-order valence-corrected chi connectivity index (χ0v) is 17.3. The van der Waals surface area contributed by atoms with Crippen LogP contribution in [0.4, 0.5) is 5.82 Å². The third kappa shape index (κ3) is 4.16. The maximum absolute atomic E-state index is 11.1. The summed E-state index contributed by atoms with van der Waals surface area (Å²) in [5, 5.41) is 13.3. The smallest absolute Gasteiger partial charge is 0.335 e. The second-order valence-corrected chi connectivity index (χ2v) is 8.18. The van der Waals surface area contributed by atoms with Gasteiger partial charge in [-0.15, -0.1) is 0 Å². The van der Waals surface area contributed by atoms with E-state index in [4.69, 9.17) is 14.6 Å². The number of likely N-dealkylation sites (tertiary alicyclic amines) is 1. The lowest BCUT2D eigenvalue weighted by atomic mass is 10.1. The lowest BCUT2D eigenvalue weighted by molar-refractivity contribution is 0.0697. The predicted octanol–water partition coefficient (Wildman–Crippen LogP) is 3.77. The van der Waals surface area contributed by atoms with Gasteiger partial charge < -0.3 is 14.5 Å². The van der Waals surface area contributed by atoms with Gasteiger partial charge in [-0.05, 0) is 62.1 Å². The second-order valence-electron chi connectivity index (χ2n) is 8.18. The molecule has 1 atom stereocenters. The molecule has 160 valence electrons. The fraction of sp³-hybridized carbons (Fsp3) is 0.391. The number of benzene rings is 1. The maximum Gasteiger partial charge on any atom is 0.335 e. The van der Waals surface area contributed by atoms with Crippen molar-refractivity contribution in [3.63, 3.8) is 0 Å². The molecule has 8 heteroatoms. The van der Waals surface area contributed by atoms with Crippen molar-refractivity contribution < 1.29 is 14.4 Å². The number of aromatic carboxylic acids is 1. The van der Waals surface area contributed by atoms with Crippen LogP contribution in [0.15, 0.2) is 47.1 Å². The van der Waals surface area contributed by atoms with E-state index in [1.165, 1.54) is 12.8 Å². The second kappa shape index (κ2) is 8.47. The number of rotatable bonds is 6. The molecule has 2 saturated heterocycles. The largest absolute Gasteiger partial charge is 0.478 e. The van der Waals surface area contributed by atoms with Crippen LogP contribution in [-0.4, -0.2) is 50.7 Å². The van der Waals surface area contributed by atoms with Crippen LogP contribution in [0.5, 0.6) is 0 Å². The van der Waals surface area contributed by atoms with Crippen LogP contribution in [0.25, 0.3) is 11.4 Å². The molecule has 31 heavy (non-hydrogen) atoms. The van der Waals surface area contributed by atoms with Crippen molar-refractivity contribution >= 4 is 11.8 Å². The van der Waals surface area contributed by atoms with Crippen LogP contribution in [-0.2, 0) is 6.54 Å². The van der Waals surface area contributed by atoms with E-state index in [9.17, 15) is 4.79 Å². The van der Waals surface area contributed by atoms with Crippen LogP contribution in [0.1, 0.15) is 53.5 Å². The number of nitrogens with zero attached hydrogens (tertiary/aromatic N) is 5. The fourth-order valence-electron chi connectivity index (χ4n) is 4.45. The number of aromatic nitrogens is 3. The van der Waals surface area contributed by atoms with Crippen LogP contribution >= 0.6 is 0 Å². The van der Waals surface area contributed by atoms with Gasteiger partial charge in [0.15, 0.2) is 0 Å². The maximum atomic E-state index is 11.1. The molecule has 3 aromatic rings. The van der Waals surface area contributed by atoms with Crippen molar-refractivity contribution in [2.24, 2.45) is 0 Å². The zero-order chi connectivity index (χ0) is 21.2. The highest BCUT2D eigenvalue weighted by atomic mass is 16.5. The van der Waals surface area contributed by atoms with Crippen molar-refractivity contribution in [2.75, 3.05) is 24.5 Å². The number of hydrogen-bond donors (Lipinski definition) is 1. The van der Waals surface area contributed by atoms with Crippen molar-refractivity contribution in [1.82, 2.24) is 20.0 Å².